The van der Waals surface area contributed by atoms with Crippen LogP contribution >= 0.6 is 0 Å². The summed E-state index contributed by atoms with van der Waals surface area (Å²) < 4.78 is 5.68. The maximum Gasteiger partial charge on any atom is 0.414 e. The van der Waals surface area contributed by atoms with Crippen molar-refractivity contribution in [1.82, 2.24) is 20.2 Å². The number of primary amides is 1. The standard InChI is InChI=1S/C19H26N6O3.C2H2O4/c1-25(12-13-28-15-6-3-2-4-7-15)11-5-9-21-19-22-10-8-16(24-19)18(27)23-14-17(20)26;3-1(4)2(5)6/h2-4,6-8,10H,5,9,11-14H2,1H3,(H2,20,26)(H,23,27)(H,21,22,24);(H,3,4)(H,5,6). The average Bonchev–Trinajstić information content (AvgIpc) is 2.81. The van der Waals surface area contributed by atoms with Gasteiger partial charge in [-0.1, -0.05) is 18.2 Å². The van der Waals surface area contributed by atoms with Crippen LogP contribution in [0.1, 0.15) is 16.9 Å². The van der Waals surface area contributed by atoms with Crippen LogP contribution in [0.5, 0.6) is 5.75 Å². The molecule has 2 aromatic rings. The molecule has 0 saturated carbocycles. The quantitative estimate of drug-likeness (QED) is 0.198. The van der Waals surface area contributed by atoms with Crippen LogP contribution in [0.3, 0.4) is 0 Å². The lowest BCUT2D eigenvalue weighted by molar-refractivity contribution is -0.159. The Hall–Kier alpha value is -4.26. The molecule has 1 aromatic carbocycles. The van der Waals surface area contributed by atoms with Gasteiger partial charge >= 0.3 is 11.9 Å². The second-order valence-corrected chi connectivity index (χ2v) is 6.77. The maximum absolute atomic E-state index is 11.9. The highest BCUT2D eigenvalue weighted by atomic mass is 16.5. The number of anilines is 1. The van der Waals surface area contributed by atoms with Crippen LogP contribution in [0, 0.1) is 0 Å². The molecular weight excluding hydrogens is 448 g/mol. The summed E-state index contributed by atoms with van der Waals surface area (Å²) in [7, 11) is 2.04. The summed E-state index contributed by atoms with van der Waals surface area (Å²) >= 11 is 0. The van der Waals surface area contributed by atoms with E-state index < -0.39 is 23.8 Å². The first kappa shape index (κ1) is 27.8. The van der Waals surface area contributed by atoms with Gasteiger partial charge in [0.25, 0.3) is 5.91 Å². The number of carboxylic acids is 2. The summed E-state index contributed by atoms with van der Waals surface area (Å²) in [6.07, 6.45) is 2.37. The van der Waals surface area contributed by atoms with Crippen LogP contribution in [0.15, 0.2) is 42.6 Å². The topological polar surface area (TPSA) is 197 Å². The van der Waals surface area contributed by atoms with E-state index in [9.17, 15) is 9.59 Å². The first-order valence-electron chi connectivity index (χ1n) is 10.1. The van der Waals surface area contributed by atoms with Crippen LogP contribution in [-0.2, 0) is 14.4 Å². The molecule has 1 aromatic heterocycles. The Morgan fingerprint density at radius 3 is 2.35 bits per heavy atom. The monoisotopic (exact) mass is 476 g/mol. The number of benzene rings is 1. The Morgan fingerprint density at radius 1 is 1.06 bits per heavy atom. The minimum Gasteiger partial charge on any atom is -0.492 e. The molecule has 34 heavy (non-hydrogen) atoms. The van der Waals surface area contributed by atoms with Crippen molar-refractivity contribution in [3.8, 4) is 5.75 Å². The van der Waals surface area contributed by atoms with Crippen LogP contribution in [0.2, 0.25) is 0 Å². The van der Waals surface area contributed by atoms with Gasteiger partial charge in [0.2, 0.25) is 11.9 Å². The van der Waals surface area contributed by atoms with Crippen molar-refractivity contribution in [2.75, 3.05) is 45.2 Å². The van der Waals surface area contributed by atoms with Gasteiger partial charge in [0.05, 0.1) is 6.54 Å². The molecule has 0 fully saturated rings. The fourth-order valence-electron chi connectivity index (χ4n) is 2.33. The molecule has 0 bridgehead atoms. The lowest BCUT2D eigenvalue weighted by Crippen LogP contribution is -2.33. The van der Waals surface area contributed by atoms with Crippen molar-refractivity contribution in [1.29, 1.82) is 0 Å². The normalized spacial score (nSPS) is 9.94. The minimum absolute atomic E-state index is 0.175. The Morgan fingerprint density at radius 2 is 1.74 bits per heavy atom. The zero-order valence-electron chi connectivity index (χ0n) is 18.6. The van der Waals surface area contributed by atoms with E-state index >= 15 is 0 Å². The SMILES string of the molecule is CN(CCCNc1nccc(C(=O)NCC(N)=O)n1)CCOc1ccccc1.O=C(O)C(=O)O. The van der Waals surface area contributed by atoms with Crippen molar-refractivity contribution in [2.45, 2.75) is 6.42 Å². The third-order valence-corrected chi connectivity index (χ3v) is 3.98. The number of carboxylic acid groups (broad SMARTS) is 2. The number of aromatic nitrogens is 2. The lowest BCUT2D eigenvalue weighted by atomic mass is 10.3. The summed E-state index contributed by atoms with van der Waals surface area (Å²) in [6.45, 7) is 2.76. The third kappa shape index (κ3) is 12.6. The summed E-state index contributed by atoms with van der Waals surface area (Å²) in [5.74, 6) is -3.50. The van der Waals surface area contributed by atoms with Gasteiger partial charge in [0.1, 0.15) is 18.1 Å². The molecule has 2 amide bonds. The largest absolute Gasteiger partial charge is 0.492 e. The van der Waals surface area contributed by atoms with E-state index in [0.717, 1.165) is 25.3 Å². The van der Waals surface area contributed by atoms with Crippen LogP contribution < -0.4 is 21.1 Å². The Bertz CT molecular complexity index is 930. The second kappa shape index (κ2) is 15.5. The number of nitrogens with zero attached hydrogens (tertiary/aromatic N) is 3. The maximum atomic E-state index is 11.9. The molecule has 184 valence electrons. The third-order valence-electron chi connectivity index (χ3n) is 3.98. The Balaban J connectivity index is 0.000000852. The minimum atomic E-state index is -1.82. The van der Waals surface area contributed by atoms with Gasteiger partial charge in [-0.25, -0.2) is 19.6 Å². The van der Waals surface area contributed by atoms with Gasteiger partial charge in [-0.05, 0) is 38.2 Å². The molecule has 13 nitrogen and oxygen atoms in total. The Kier molecular flexibility index (Phi) is 12.7. The van der Waals surface area contributed by atoms with Gasteiger partial charge in [-0.15, -0.1) is 0 Å². The number of likely N-dealkylation sites (N-methyl/N-ethyl adjacent to an activating group) is 1. The van der Waals surface area contributed by atoms with Crippen molar-refractivity contribution >= 4 is 29.7 Å². The average molecular weight is 476 g/mol. The molecular formula is C21H28N6O7. The lowest BCUT2D eigenvalue weighted by Gasteiger charge is -2.17. The highest BCUT2D eigenvalue weighted by molar-refractivity contribution is 6.27. The number of aliphatic carboxylic acids is 2. The van der Waals surface area contributed by atoms with Crippen molar-refractivity contribution in [2.24, 2.45) is 5.73 Å². The zero-order chi connectivity index (χ0) is 25.3. The van der Waals surface area contributed by atoms with E-state index in [1.54, 1.807) is 0 Å². The molecule has 0 aliphatic carbocycles. The van der Waals surface area contributed by atoms with Crippen LogP contribution in [0.4, 0.5) is 5.95 Å². The molecule has 1 heterocycles. The zero-order valence-corrected chi connectivity index (χ0v) is 18.6. The molecule has 0 aliphatic heterocycles. The molecule has 0 radical (unpaired) electrons. The summed E-state index contributed by atoms with van der Waals surface area (Å²) in [4.78, 5) is 51.2. The number of hydrogen-bond donors (Lipinski definition) is 5. The molecule has 0 unspecified atom stereocenters. The molecule has 6 N–H and O–H groups in total. The fourth-order valence-corrected chi connectivity index (χ4v) is 2.33. The van der Waals surface area contributed by atoms with Gasteiger partial charge < -0.3 is 36.2 Å². The summed E-state index contributed by atoms with van der Waals surface area (Å²) in [6, 6.07) is 11.2. The van der Waals surface area contributed by atoms with E-state index in [1.807, 2.05) is 37.4 Å². The van der Waals surface area contributed by atoms with E-state index in [2.05, 4.69) is 25.5 Å². The molecule has 2 rings (SSSR count). The van der Waals surface area contributed by atoms with Crippen molar-refractivity contribution in [3.05, 3.63) is 48.3 Å². The number of carbonyl (C=O) groups is 4. The fraction of sp³-hybridized carbons (Fsp3) is 0.333. The van der Waals surface area contributed by atoms with Gasteiger partial charge in [0.15, 0.2) is 0 Å². The van der Waals surface area contributed by atoms with E-state index in [0.29, 0.717) is 19.1 Å². The first-order valence-corrected chi connectivity index (χ1v) is 10.1. The van der Waals surface area contributed by atoms with Crippen LogP contribution in [-0.4, -0.2) is 88.7 Å². The van der Waals surface area contributed by atoms with Gasteiger partial charge in [-0.2, -0.15) is 0 Å². The number of amides is 2. The molecule has 0 aliphatic rings. The number of rotatable bonds is 12. The molecule has 13 heteroatoms. The van der Waals surface area contributed by atoms with Crippen LogP contribution in [0.25, 0.3) is 0 Å². The number of nitrogens with two attached hydrogens (primary N) is 1. The highest BCUT2D eigenvalue weighted by Crippen LogP contribution is 2.07. The number of carbonyl (C=O) groups excluding carboxylic acids is 2. The summed E-state index contributed by atoms with van der Waals surface area (Å²) in [5, 5.41) is 20.3. The molecule has 0 atom stereocenters. The molecule has 0 spiro atoms. The van der Waals surface area contributed by atoms with E-state index in [1.165, 1.54) is 12.3 Å². The predicted octanol–water partition coefficient (Wildman–Crippen LogP) is -0.340. The van der Waals surface area contributed by atoms with E-state index in [-0.39, 0.29) is 12.2 Å². The molecule has 0 saturated heterocycles. The van der Waals surface area contributed by atoms with Crippen molar-refractivity contribution in [3.63, 3.8) is 0 Å². The Labute approximate surface area is 195 Å². The van der Waals surface area contributed by atoms with Crippen molar-refractivity contribution < 1.29 is 34.1 Å². The first-order chi connectivity index (χ1) is 16.2. The van der Waals surface area contributed by atoms with Gasteiger partial charge in [0, 0.05) is 19.3 Å². The number of para-hydroxylation sites is 1. The highest BCUT2D eigenvalue weighted by Gasteiger charge is 2.09. The number of nitrogens with one attached hydrogen (secondary N) is 2. The predicted molar refractivity (Wildman–Crippen MR) is 121 cm³/mol. The summed E-state index contributed by atoms with van der Waals surface area (Å²) in [5.41, 5.74) is 5.18. The second-order valence-electron chi connectivity index (χ2n) is 6.77. The smallest absolute Gasteiger partial charge is 0.414 e. The van der Waals surface area contributed by atoms with Gasteiger partial charge in [-0.3, -0.25) is 9.59 Å². The van der Waals surface area contributed by atoms with E-state index in [4.69, 9.17) is 30.3 Å². The number of hydrogen-bond acceptors (Lipinski definition) is 9. The number of ether oxygens (including phenoxy) is 1.